The number of aldehydes is 1. The van der Waals surface area contributed by atoms with Gasteiger partial charge in [-0.2, -0.15) is 0 Å². The Morgan fingerprint density at radius 1 is 1.28 bits per heavy atom. The summed E-state index contributed by atoms with van der Waals surface area (Å²) in [6.45, 7) is 4.44. The summed E-state index contributed by atoms with van der Waals surface area (Å²) in [4.78, 5) is 10.9. The van der Waals surface area contributed by atoms with Gasteiger partial charge in [0, 0.05) is 0 Å². The molecule has 0 amide bonds. The van der Waals surface area contributed by atoms with Crippen LogP contribution in [0.1, 0.15) is 19.4 Å². The van der Waals surface area contributed by atoms with E-state index < -0.39 is 11.9 Å². The van der Waals surface area contributed by atoms with Crippen LogP contribution in [0.15, 0.2) is 30.3 Å². The van der Waals surface area contributed by atoms with Gasteiger partial charge in [0.25, 0.3) is 0 Å². The van der Waals surface area contributed by atoms with Crippen LogP contribution in [-0.2, 0) is 25.6 Å². The summed E-state index contributed by atoms with van der Waals surface area (Å²) in [6, 6.07) is 9.87. The predicted molar refractivity (Wildman–Crippen MR) is 66.0 cm³/mol. The molecule has 0 aliphatic carbocycles. The van der Waals surface area contributed by atoms with E-state index in [1.54, 1.807) is 13.8 Å². The Kier molecular flexibility index (Phi) is 4.11. The molecule has 4 nitrogen and oxygen atoms in total. The zero-order valence-electron chi connectivity index (χ0n) is 10.7. The average molecular weight is 250 g/mol. The number of ether oxygens (including phenoxy) is 3. The number of hydrogen-bond acceptors (Lipinski definition) is 4. The number of carbonyl (C=O) groups excluding carboxylic acids is 1. The molecule has 1 heterocycles. The van der Waals surface area contributed by atoms with Crippen molar-refractivity contribution < 1.29 is 19.0 Å². The van der Waals surface area contributed by atoms with E-state index in [1.807, 2.05) is 30.3 Å². The molecule has 2 atom stereocenters. The molecule has 0 bridgehead atoms. The Bertz CT molecular complexity index is 388. The summed E-state index contributed by atoms with van der Waals surface area (Å²) in [6.07, 6.45) is -0.109. The first-order valence-electron chi connectivity index (χ1n) is 6.03. The highest BCUT2D eigenvalue weighted by molar-refractivity contribution is 5.57. The molecule has 0 N–H and O–H groups in total. The first kappa shape index (κ1) is 13.2. The first-order chi connectivity index (χ1) is 8.61. The molecule has 1 fully saturated rings. The summed E-state index contributed by atoms with van der Waals surface area (Å²) < 4.78 is 16.6. The third kappa shape index (κ3) is 3.38. The van der Waals surface area contributed by atoms with Crippen molar-refractivity contribution in [2.75, 3.05) is 6.61 Å². The topological polar surface area (TPSA) is 44.8 Å². The average Bonchev–Trinajstić information content (AvgIpc) is 2.65. The van der Waals surface area contributed by atoms with E-state index in [4.69, 9.17) is 14.2 Å². The maximum Gasteiger partial charge on any atom is 0.164 e. The number of carbonyl (C=O) groups is 1. The van der Waals surface area contributed by atoms with E-state index in [-0.39, 0.29) is 6.10 Å². The normalized spacial score (nSPS) is 26.1. The van der Waals surface area contributed by atoms with Crippen LogP contribution in [0.4, 0.5) is 0 Å². The van der Waals surface area contributed by atoms with E-state index in [1.165, 1.54) is 0 Å². The van der Waals surface area contributed by atoms with Gasteiger partial charge in [-0.05, 0) is 19.4 Å². The van der Waals surface area contributed by atoms with Gasteiger partial charge in [0.1, 0.15) is 12.2 Å². The fourth-order valence-corrected chi connectivity index (χ4v) is 1.97. The fourth-order valence-electron chi connectivity index (χ4n) is 1.97. The fraction of sp³-hybridized carbons (Fsp3) is 0.500. The number of rotatable bonds is 5. The van der Waals surface area contributed by atoms with Crippen molar-refractivity contribution in [3.05, 3.63) is 35.9 Å². The van der Waals surface area contributed by atoms with Crippen molar-refractivity contribution in [3.63, 3.8) is 0 Å². The Hall–Kier alpha value is -1.23. The quantitative estimate of drug-likeness (QED) is 0.749. The number of hydrogen-bond donors (Lipinski definition) is 0. The monoisotopic (exact) mass is 250 g/mol. The van der Waals surface area contributed by atoms with Gasteiger partial charge in [-0.15, -0.1) is 0 Å². The Morgan fingerprint density at radius 2 is 2.00 bits per heavy atom. The molecule has 1 aliphatic heterocycles. The van der Waals surface area contributed by atoms with E-state index in [2.05, 4.69) is 0 Å². The lowest BCUT2D eigenvalue weighted by Crippen LogP contribution is -2.28. The highest BCUT2D eigenvalue weighted by Crippen LogP contribution is 2.27. The van der Waals surface area contributed by atoms with E-state index in [9.17, 15) is 4.79 Å². The molecule has 2 rings (SSSR count). The minimum absolute atomic E-state index is 0.332. The van der Waals surface area contributed by atoms with Crippen LogP contribution in [-0.4, -0.2) is 30.9 Å². The molecular formula is C14H18O4. The van der Waals surface area contributed by atoms with Gasteiger partial charge < -0.3 is 19.0 Å². The minimum atomic E-state index is -0.716. The smallest absolute Gasteiger partial charge is 0.164 e. The summed E-state index contributed by atoms with van der Waals surface area (Å²) in [5.41, 5.74) is 1.10. The Labute approximate surface area is 107 Å². The van der Waals surface area contributed by atoms with Gasteiger partial charge >= 0.3 is 0 Å². The van der Waals surface area contributed by atoms with Crippen molar-refractivity contribution in [2.45, 2.75) is 38.4 Å². The highest BCUT2D eigenvalue weighted by atomic mass is 16.8. The van der Waals surface area contributed by atoms with Crippen LogP contribution < -0.4 is 0 Å². The van der Waals surface area contributed by atoms with E-state index >= 15 is 0 Å². The minimum Gasteiger partial charge on any atom is -0.374 e. The molecule has 0 spiro atoms. The lowest BCUT2D eigenvalue weighted by molar-refractivity contribution is -0.153. The molecule has 98 valence electrons. The first-order valence-corrected chi connectivity index (χ1v) is 6.03. The van der Waals surface area contributed by atoms with Gasteiger partial charge in [0.15, 0.2) is 12.1 Å². The van der Waals surface area contributed by atoms with Crippen molar-refractivity contribution in [1.82, 2.24) is 0 Å². The van der Waals surface area contributed by atoms with E-state index in [0.717, 1.165) is 11.8 Å². The third-order valence-electron chi connectivity index (χ3n) is 2.75. The zero-order valence-corrected chi connectivity index (χ0v) is 10.7. The second-order valence-corrected chi connectivity index (χ2v) is 4.78. The molecule has 0 unspecified atom stereocenters. The second-order valence-electron chi connectivity index (χ2n) is 4.78. The van der Waals surface area contributed by atoms with Crippen LogP contribution in [0.2, 0.25) is 0 Å². The maximum atomic E-state index is 10.9. The van der Waals surface area contributed by atoms with Crippen LogP contribution in [0.5, 0.6) is 0 Å². The molecular weight excluding hydrogens is 232 g/mol. The SMILES string of the molecule is CC1(C)O[C@H](C=O)[C@@H](COCc2ccccc2)O1. The van der Waals surface area contributed by atoms with Crippen LogP contribution in [0, 0.1) is 0 Å². The Morgan fingerprint density at radius 3 is 2.67 bits per heavy atom. The molecule has 1 aromatic carbocycles. The van der Waals surface area contributed by atoms with Gasteiger partial charge in [0.05, 0.1) is 13.2 Å². The van der Waals surface area contributed by atoms with Crippen LogP contribution in [0.3, 0.4) is 0 Å². The summed E-state index contributed by atoms with van der Waals surface area (Å²) in [7, 11) is 0. The summed E-state index contributed by atoms with van der Waals surface area (Å²) in [5, 5.41) is 0. The van der Waals surface area contributed by atoms with Crippen molar-refractivity contribution in [1.29, 1.82) is 0 Å². The van der Waals surface area contributed by atoms with Crippen LogP contribution >= 0.6 is 0 Å². The molecule has 1 aliphatic rings. The largest absolute Gasteiger partial charge is 0.374 e. The van der Waals surface area contributed by atoms with Gasteiger partial charge in [-0.3, -0.25) is 0 Å². The predicted octanol–water partition coefficient (Wildman–Crippen LogP) is 1.92. The standard InChI is InChI=1S/C14H18O4/c1-14(2)17-12(8-15)13(18-14)10-16-9-11-6-4-3-5-7-11/h3-8,12-13H,9-10H2,1-2H3/t12-,13-/m1/s1. The van der Waals surface area contributed by atoms with E-state index in [0.29, 0.717) is 13.2 Å². The van der Waals surface area contributed by atoms with Crippen molar-refractivity contribution in [3.8, 4) is 0 Å². The lowest BCUT2D eigenvalue weighted by Gasteiger charge is -2.16. The van der Waals surface area contributed by atoms with Gasteiger partial charge in [0.2, 0.25) is 0 Å². The molecule has 18 heavy (non-hydrogen) atoms. The molecule has 1 saturated heterocycles. The third-order valence-corrected chi connectivity index (χ3v) is 2.75. The van der Waals surface area contributed by atoms with Gasteiger partial charge in [-0.25, -0.2) is 0 Å². The Balaban J connectivity index is 1.81. The highest BCUT2D eigenvalue weighted by Gasteiger charge is 2.41. The number of benzene rings is 1. The lowest BCUT2D eigenvalue weighted by atomic mass is 10.2. The molecule has 1 aromatic rings. The molecule has 0 aromatic heterocycles. The molecule has 4 heteroatoms. The maximum absolute atomic E-state index is 10.9. The van der Waals surface area contributed by atoms with Crippen molar-refractivity contribution >= 4 is 6.29 Å². The molecule has 0 radical (unpaired) electrons. The van der Waals surface area contributed by atoms with Crippen LogP contribution in [0.25, 0.3) is 0 Å². The summed E-state index contributed by atoms with van der Waals surface area (Å²) in [5.74, 6) is -0.716. The second kappa shape index (κ2) is 5.61. The molecule has 0 saturated carbocycles. The summed E-state index contributed by atoms with van der Waals surface area (Å²) >= 11 is 0. The van der Waals surface area contributed by atoms with Gasteiger partial charge in [-0.1, -0.05) is 30.3 Å². The van der Waals surface area contributed by atoms with Crippen molar-refractivity contribution in [2.24, 2.45) is 0 Å². The zero-order chi connectivity index (χ0) is 13.0.